The second-order valence-electron chi connectivity index (χ2n) is 3.60. The van der Waals surface area contributed by atoms with Gasteiger partial charge in [0.05, 0.1) is 5.01 Å². The average molecular weight is 266 g/mol. The lowest BCUT2D eigenvalue weighted by Gasteiger charge is -2.00. The van der Waals surface area contributed by atoms with E-state index >= 15 is 0 Å². The Morgan fingerprint density at radius 1 is 1.50 bits per heavy atom. The Morgan fingerprint density at radius 2 is 2.39 bits per heavy atom. The number of aromatic amines is 1. The molecule has 2 aromatic heterocycles. The lowest BCUT2D eigenvalue weighted by molar-refractivity contribution is 0.0949. The van der Waals surface area contributed by atoms with Crippen LogP contribution >= 0.6 is 11.3 Å². The first-order valence-electron chi connectivity index (χ1n) is 5.56. The molecule has 7 nitrogen and oxygen atoms in total. The zero-order chi connectivity index (χ0) is 12.8. The van der Waals surface area contributed by atoms with Crippen LogP contribution in [0.2, 0.25) is 0 Å². The Bertz CT molecular complexity index is 494. The van der Waals surface area contributed by atoms with Crippen LogP contribution in [0.4, 0.5) is 0 Å². The summed E-state index contributed by atoms with van der Waals surface area (Å²) in [5.74, 6) is 0.575. The van der Waals surface area contributed by atoms with Crippen LogP contribution in [0.15, 0.2) is 11.7 Å². The number of aromatic nitrogens is 4. The van der Waals surface area contributed by atoms with E-state index in [0.29, 0.717) is 31.6 Å². The SMILES string of the molecule is NCCc1nc(C(=O)NCCc2ncn[nH]2)cs1. The topological polar surface area (TPSA) is 110 Å². The first-order chi connectivity index (χ1) is 8.79. The molecule has 18 heavy (non-hydrogen) atoms. The van der Waals surface area contributed by atoms with E-state index in [9.17, 15) is 4.79 Å². The quantitative estimate of drug-likeness (QED) is 0.667. The van der Waals surface area contributed by atoms with Gasteiger partial charge < -0.3 is 11.1 Å². The van der Waals surface area contributed by atoms with Gasteiger partial charge in [0.1, 0.15) is 17.8 Å². The van der Waals surface area contributed by atoms with Gasteiger partial charge in [0.25, 0.3) is 5.91 Å². The highest BCUT2D eigenvalue weighted by atomic mass is 32.1. The number of carbonyl (C=O) groups excluding carboxylic acids is 1. The predicted molar refractivity (Wildman–Crippen MR) is 67.3 cm³/mol. The number of nitrogens with one attached hydrogen (secondary N) is 2. The van der Waals surface area contributed by atoms with Crippen LogP contribution < -0.4 is 11.1 Å². The summed E-state index contributed by atoms with van der Waals surface area (Å²) in [5, 5.41) is 11.9. The van der Waals surface area contributed by atoms with Gasteiger partial charge in [-0.05, 0) is 6.54 Å². The molecule has 2 heterocycles. The summed E-state index contributed by atoms with van der Waals surface area (Å²) in [5.41, 5.74) is 5.88. The number of nitrogens with two attached hydrogens (primary N) is 1. The van der Waals surface area contributed by atoms with Crippen LogP contribution in [-0.4, -0.2) is 39.2 Å². The molecule has 0 aliphatic rings. The smallest absolute Gasteiger partial charge is 0.270 e. The van der Waals surface area contributed by atoms with Gasteiger partial charge >= 0.3 is 0 Å². The van der Waals surface area contributed by atoms with Gasteiger partial charge in [-0.1, -0.05) is 0 Å². The highest BCUT2D eigenvalue weighted by Gasteiger charge is 2.09. The molecule has 8 heteroatoms. The largest absolute Gasteiger partial charge is 0.350 e. The van der Waals surface area contributed by atoms with Gasteiger partial charge in [-0.2, -0.15) is 5.10 Å². The summed E-state index contributed by atoms with van der Waals surface area (Å²) in [6, 6.07) is 0. The second-order valence-corrected chi connectivity index (χ2v) is 4.55. The minimum absolute atomic E-state index is 0.172. The lowest BCUT2D eigenvalue weighted by atomic mass is 10.3. The molecule has 2 aromatic rings. The maximum absolute atomic E-state index is 11.7. The first kappa shape index (κ1) is 12.7. The Morgan fingerprint density at radius 3 is 3.11 bits per heavy atom. The van der Waals surface area contributed by atoms with E-state index in [1.54, 1.807) is 5.38 Å². The molecular weight excluding hydrogens is 252 g/mol. The molecule has 0 aromatic carbocycles. The van der Waals surface area contributed by atoms with Crippen molar-refractivity contribution in [2.75, 3.05) is 13.1 Å². The molecule has 4 N–H and O–H groups in total. The minimum atomic E-state index is -0.172. The van der Waals surface area contributed by atoms with Crippen molar-refractivity contribution in [3.63, 3.8) is 0 Å². The first-order valence-corrected chi connectivity index (χ1v) is 6.44. The molecule has 0 aliphatic heterocycles. The Labute approximate surface area is 108 Å². The molecule has 0 saturated carbocycles. The number of amides is 1. The number of thiazole rings is 1. The molecule has 0 saturated heterocycles. The Hall–Kier alpha value is -1.80. The summed E-state index contributed by atoms with van der Waals surface area (Å²) in [4.78, 5) is 19.9. The highest BCUT2D eigenvalue weighted by molar-refractivity contribution is 7.09. The molecule has 1 amide bonds. The van der Waals surface area contributed by atoms with E-state index in [1.807, 2.05) is 0 Å². The molecule has 0 aliphatic carbocycles. The zero-order valence-corrected chi connectivity index (χ0v) is 10.5. The van der Waals surface area contributed by atoms with Crippen LogP contribution in [0, 0.1) is 0 Å². The fourth-order valence-corrected chi connectivity index (χ4v) is 2.18. The third kappa shape index (κ3) is 3.34. The van der Waals surface area contributed by atoms with Crippen molar-refractivity contribution in [2.24, 2.45) is 5.73 Å². The van der Waals surface area contributed by atoms with Crippen LogP contribution in [0.1, 0.15) is 21.3 Å². The lowest BCUT2D eigenvalue weighted by Crippen LogP contribution is -2.26. The van der Waals surface area contributed by atoms with Crippen LogP contribution in [-0.2, 0) is 12.8 Å². The molecule has 0 unspecified atom stereocenters. The second kappa shape index (κ2) is 6.22. The summed E-state index contributed by atoms with van der Waals surface area (Å²) < 4.78 is 0. The number of hydrogen-bond donors (Lipinski definition) is 3. The van der Waals surface area contributed by atoms with Crippen molar-refractivity contribution in [1.29, 1.82) is 0 Å². The number of hydrogen-bond acceptors (Lipinski definition) is 6. The Kier molecular flexibility index (Phi) is 4.37. The van der Waals surface area contributed by atoms with Crippen molar-refractivity contribution in [3.05, 3.63) is 28.2 Å². The minimum Gasteiger partial charge on any atom is -0.350 e. The van der Waals surface area contributed by atoms with Gasteiger partial charge in [-0.15, -0.1) is 11.3 Å². The zero-order valence-electron chi connectivity index (χ0n) is 9.72. The normalized spacial score (nSPS) is 10.5. The van der Waals surface area contributed by atoms with Crippen LogP contribution in [0.3, 0.4) is 0 Å². The van der Waals surface area contributed by atoms with E-state index in [4.69, 9.17) is 5.73 Å². The van der Waals surface area contributed by atoms with Crippen LogP contribution in [0.25, 0.3) is 0 Å². The molecule has 2 rings (SSSR count). The molecule has 0 atom stereocenters. The summed E-state index contributed by atoms with van der Waals surface area (Å²) >= 11 is 1.45. The maximum Gasteiger partial charge on any atom is 0.270 e. The molecule has 0 fully saturated rings. The third-order valence-corrected chi connectivity index (χ3v) is 3.16. The molecule has 0 spiro atoms. The average Bonchev–Trinajstić information content (AvgIpc) is 3.00. The van der Waals surface area contributed by atoms with Crippen molar-refractivity contribution < 1.29 is 4.79 Å². The third-order valence-electron chi connectivity index (χ3n) is 2.25. The van der Waals surface area contributed by atoms with Gasteiger partial charge in [0.2, 0.25) is 0 Å². The van der Waals surface area contributed by atoms with E-state index in [1.165, 1.54) is 17.7 Å². The molecule has 0 radical (unpaired) electrons. The predicted octanol–water partition coefficient (Wildman–Crippen LogP) is -0.265. The summed E-state index contributed by atoms with van der Waals surface area (Å²) in [7, 11) is 0. The van der Waals surface area contributed by atoms with Crippen molar-refractivity contribution in [1.82, 2.24) is 25.5 Å². The van der Waals surface area contributed by atoms with Crippen LogP contribution in [0.5, 0.6) is 0 Å². The summed E-state index contributed by atoms with van der Waals surface area (Å²) in [6.07, 6.45) is 2.76. The number of nitrogens with zero attached hydrogens (tertiary/aromatic N) is 3. The molecular formula is C10H14N6OS. The fraction of sp³-hybridized carbons (Fsp3) is 0.400. The van der Waals surface area contributed by atoms with Gasteiger partial charge in [-0.3, -0.25) is 9.89 Å². The number of H-pyrrole nitrogens is 1. The van der Waals surface area contributed by atoms with Gasteiger partial charge in [0, 0.05) is 24.8 Å². The molecule has 96 valence electrons. The number of rotatable bonds is 6. The standard InChI is InChI=1S/C10H14N6OS/c11-3-1-9-15-7(5-18-9)10(17)12-4-2-8-13-6-14-16-8/h5-6H,1-4,11H2,(H,12,17)(H,13,14,16). The van der Waals surface area contributed by atoms with Gasteiger partial charge in [-0.25, -0.2) is 9.97 Å². The molecule has 0 bridgehead atoms. The van der Waals surface area contributed by atoms with E-state index < -0.39 is 0 Å². The summed E-state index contributed by atoms with van der Waals surface area (Å²) in [6.45, 7) is 1.04. The maximum atomic E-state index is 11.7. The monoisotopic (exact) mass is 266 g/mol. The van der Waals surface area contributed by atoms with Crippen molar-refractivity contribution in [3.8, 4) is 0 Å². The van der Waals surface area contributed by atoms with E-state index in [-0.39, 0.29) is 5.91 Å². The fourth-order valence-electron chi connectivity index (χ4n) is 1.39. The van der Waals surface area contributed by atoms with Crippen molar-refractivity contribution >= 4 is 17.2 Å². The van der Waals surface area contributed by atoms with Gasteiger partial charge in [0.15, 0.2) is 0 Å². The number of carbonyl (C=O) groups is 1. The van der Waals surface area contributed by atoms with E-state index in [0.717, 1.165) is 10.8 Å². The Balaban J connectivity index is 1.80. The van der Waals surface area contributed by atoms with Crippen molar-refractivity contribution in [2.45, 2.75) is 12.8 Å². The van der Waals surface area contributed by atoms with E-state index in [2.05, 4.69) is 25.5 Å². The highest BCUT2D eigenvalue weighted by Crippen LogP contribution is 2.09.